The van der Waals surface area contributed by atoms with Crippen LogP contribution in [0, 0.1) is 6.92 Å². The van der Waals surface area contributed by atoms with Crippen molar-refractivity contribution < 1.29 is 0 Å². The van der Waals surface area contributed by atoms with Crippen LogP contribution in [0.4, 0.5) is 5.69 Å². The molecule has 1 aromatic heterocycles. The maximum absolute atomic E-state index is 5.97. The molecule has 3 rings (SSSR count). The number of halogens is 1. The average molecular weight is 283 g/mol. The highest BCUT2D eigenvalue weighted by molar-refractivity contribution is 6.30. The van der Waals surface area contributed by atoms with E-state index in [4.69, 9.17) is 11.6 Å². The third kappa shape index (κ3) is 2.91. The Morgan fingerprint density at radius 3 is 2.80 bits per heavy atom. The van der Waals surface area contributed by atoms with Gasteiger partial charge in [0.1, 0.15) is 0 Å². The summed E-state index contributed by atoms with van der Waals surface area (Å²) in [6.07, 6.45) is 0. The lowest BCUT2D eigenvalue weighted by Gasteiger charge is -2.08. The summed E-state index contributed by atoms with van der Waals surface area (Å²) in [5.41, 5.74) is 4.33. The van der Waals surface area contributed by atoms with Crippen molar-refractivity contribution in [1.29, 1.82) is 0 Å². The number of hydrogen-bond acceptors (Lipinski definition) is 2. The van der Waals surface area contributed by atoms with Gasteiger partial charge in [0.25, 0.3) is 0 Å². The zero-order valence-corrected chi connectivity index (χ0v) is 12.0. The van der Waals surface area contributed by atoms with E-state index in [1.807, 2.05) is 37.3 Å². The third-order valence-corrected chi connectivity index (χ3v) is 3.45. The molecule has 0 fully saturated rings. The van der Waals surface area contributed by atoms with Crippen molar-refractivity contribution in [2.24, 2.45) is 0 Å². The van der Waals surface area contributed by atoms with Crippen LogP contribution in [0.3, 0.4) is 0 Å². The van der Waals surface area contributed by atoms with Gasteiger partial charge in [0.05, 0.1) is 5.52 Å². The number of nitrogens with one attached hydrogen (secondary N) is 1. The zero-order valence-electron chi connectivity index (χ0n) is 11.2. The lowest BCUT2D eigenvalue weighted by molar-refractivity contribution is 1.15. The van der Waals surface area contributed by atoms with Crippen LogP contribution >= 0.6 is 11.6 Å². The van der Waals surface area contributed by atoms with Crippen molar-refractivity contribution in [2.45, 2.75) is 13.5 Å². The summed E-state index contributed by atoms with van der Waals surface area (Å²) in [7, 11) is 0. The molecule has 0 aliphatic rings. The lowest BCUT2D eigenvalue weighted by atomic mass is 10.1. The van der Waals surface area contributed by atoms with Crippen LogP contribution < -0.4 is 5.32 Å². The van der Waals surface area contributed by atoms with E-state index in [0.717, 1.165) is 28.5 Å². The molecule has 0 unspecified atom stereocenters. The summed E-state index contributed by atoms with van der Waals surface area (Å²) in [4.78, 5) is 4.51. The van der Waals surface area contributed by atoms with E-state index < -0.39 is 0 Å². The van der Waals surface area contributed by atoms with Gasteiger partial charge in [-0.3, -0.25) is 4.98 Å². The minimum atomic E-state index is 0.744. The SMILES string of the molecule is Cc1ccc2cc(CNc3cccc(Cl)c3)ccc2n1. The Morgan fingerprint density at radius 1 is 1.05 bits per heavy atom. The van der Waals surface area contributed by atoms with Crippen LogP contribution in [0.25, 0.3) is 10.9 Å². The van der Waals surface area contributed by atoms with Gasteiger partial charge in [-0.15, -0.1) is 0 Å². The Balaban J connectivity index is 1.79. The predicted molar refractivity (Wildman–Crippen MR) is 85.3 cm³/mol. The summed E-state index contributed by atoms with van der Waals surface area (Å²) in [5, 5.41) is 5.28. The number of fused-ring (bicyclic) bond motifs is 1. The second-order valence-electron chi connectivity index (χ2n) is 4.84. The van der Waals surface area contributed by atoms with Crippen molar-refractivity contribution in [3.05, 3.63) is 70.9 Å². The van der Waals surface area contributed by atoms with Crippen LogP contribution in [0.15, 0.2) is 54.6 Å². The first-order valence-corrected chi connectivity index (χ1v) is 6.94. The number of rotatable bonds is 3. The number of aromatic nitrogens is 1. The number of aryl methyl sites for hydroxylation is 1. The molecule has 0 atom stereocenters. The molecular weight excluding hydrogens is 268 g/mol. The van der Waals surface area contributed by atoms with Crippen molar-refractivity contribution in [3.8, 4) is 0 Å². The average Bonchev–Trinajstić information content (AvgIpc) is 2.45. The summed E-state index contributed by atoms with van der Waals surface area (Å²) in [5.74, 6) is 0. The molecule has 20 heavy (non-hydrogen) atoms. The zero-order chi connectivity index (χ0) is 13.9. The standard InChI is InChI=1S/C17H15ClN2/c1-12-5-7-14-9-13(6-8-17(14)20-12)11-19-16-4-2-3-15(18)10-16/h2-10,19H,11H2,1H3. The molecule has 0 bridgehead atoms. The molecule has 0 amide bonds. The van der Waals surface area contributed by atoms with Crippen LogP contribution in [-0.4, -0.2) is 4.98 Å². The number of pyridine rings is 1. The Hall–Kier alpha value is -2.06. The molecule has 0 radical (unpaired) electrons. The molecule has 3 aromatic rings. The molecule has 2 aromatic carbocycles. The van der Waals surface area contributed by atoms with Gasteiger partial charge in [0.2, 0.25) is 0 Å². The Bertz CT molecular complexity index is 753. The van der Waals surface area contributed by atoms with E-state index in [9.17, 15) is 0 Å². The molecule has 1 N–H and O–H groups in total. The van der Waals surface area contributed by atoms with Crippen LogP contribution in [0.1, 0.15) is 11.3 Å². The quantitative estimate of drug-likeness (QED) is 0.746. The van der Waals surface area contributed by atoms with E-state index in [2.05, 4.69) is 34.6 Å². The second-order valence-corrected chi connectivity index (χ2v) is 5.28. The molecule has 0 saturated carbocycles. The largest absolute Gasteiger partial charge is 0.381 e. The van der Waals surface area contributed by atoms with Gasteiger partial charge in [-0.1, -0.05) is 29.8 Å². The maximum atomic E-state index is 5.97. The fraction of sp³-hybridized carbons (Fsp3) is 0.118. The van der Waals surface area contributed by atoms with Crippen molar-refractivity contribution in [1.82, 2.24) is 4.98 Å². The van der Waals surface area contributed by atoms with Crippen LogP contribution in [0.2, 0.25) is 5.02 Å². The molecule has 0 saturated heterocycles. The van der Waals surface area contributed by atoms with Gasteiger partial charge in [0.15, 0.2) is 0 Å². The molecular formula is C17H15ClN2. The van der Waals surface area contributed by atoms with E-state index in [0.29, 0.717) is 0 Å². The predicted octanol–water partition coefficient (Wildman–Crippen LogP) is 4.81. The monoisotopic (exact) mass is 282 g/mol. The van der Waals surface area contributed by atoms with Crippen molar-refractivity contribution >= 4 is 28.2 Å². The molecule has 0 aliphatic carbocycles. The molecule has 0 aliphatic heterocycles. The van der Waals surface area contributed by atoms with E-state index in [-0.39, 0.29) is 0 Å². The second kappa shape index (κ2) is 5.51. The third-order valence-electron chi connectivity index (χ3n) is 3.21. The number of benzene rings is 2. The summed E-state index contributed by atoms with van der Waals surface area (Å²) >= 11 is 5.97. The van der Waals surface area contributed by atoms with E-state index in [1.165, 1.54) is 10.9 Å². The first-order chi connectivity index (χ1) is 9.70. The molecule has 0 spiro atoms. The van der Waals surface area contributed by atoms with Gasteiger partial charge in [-0.25, -0.2) is 0 Å². The number of hydrogen-bond donors (Lipinski definition) is 1. The molecule has 1 heterocycles. The van der Waals surface area contributed by atoms with E-state index in [1.54, 1.807) is 0 Å². The summed E-state index contributed by atoms with van der Waals surface area (Å²) in [6.45, 7) is 2.78. The minimum absolute atomic E-state index is 0.744. The van der Waals surface area contributed by atoms with Gasteiger partial charge in [0, 0.05) is 28.3 Å². The number of anilines is 1. The van der Waals surface area contributed by atoms with Crippen molar-refractivity contribution in [2.75, 3.05) is 5.32 Å². The van der Waals surface area contributed by atoms with Gasteiger partial charge in [-0.05, 0) is 48.9 Å². The minimum Gasteiger partial charge on any atom is -0.381 e. The Morgan fingerprint density at radius 2 is 1.95 bits per heavy atom. The number of nitrogens with zero attached hydrogens (tertiary/aromatic N) is 1. The van der Waals surface area contributed by atoms with Gasteiger partial charge < -0.3 is 5.32 Å². The summed E-state index contributed by atoms with van der Waals surface area (Å²) in [6, 6.07) is 18.2. The highest BCUT2D eigenvalue weighted by Crippen LogP contribution is 2.18. The topological polar surface area (TPSA) is 24.9 Å². The lowest BCUT2D eigenvalue weighted by Crippen LogP contribution is -1.99. The van der Waals surface area contributed by atoms with Crippen LogP contribution in [0.5, 0.6) is 0 Å². The Labute approximate surface area is 123 Å². The van der Waals surface area contributed by atoms with Crippen molar-refractivity contribution in [3.63, 3.8) is 0 Å². The molecule has 100 valence electrons. The fourth-order valence-corrected chi connectivity index (χ4v) is 2.38. The van der Waals surface area contributed by atoms with Gasteiger partial charge >= 0.3 is 0 Å². The van der Waals surface area contributed by atoms with E-state index >= 15 is 0 Å². The normalized spacial score (nSPS) is 10.7. The van der Waals surface area contributed by atoms with Gasteiger partial charge in [-0.2, -0.15) is 0 Å². The first-order valence-electron chi connectivity index (χ1n) is 6.56. The summed E-state index contributed by atoms with van der Waals surface area (Å²) < 4.78 is 0. The fourth-order valence-electron chi connectivity index (χ4n) is 2.19. The molecule has 2 nitrogen and oxygen atoms in total. The molecule has 3 heteroatoms. The highest BCUT2D eigenvalue weighted by atomic mass is 35.5. The highest BCUT2D eigenvalue weighted by Gasteiger charge is 1.99. The smallest absolute Gasteiger partial charge is 0.0705 e. The van der Waals surface area contributed by atoms with Crippen LogP contribution in [-0.2, 0) is 6.54 Å². The first kappa shape index (κ1) is 12.9. The Kier molecular flexibility index (Phi) is 3.57. The maximum Gasteiger partial charge on any atom is 0.0705 e.